The Balaban J connectivity index is 2.04. The molecule has 0 fully saturated rings. The van der Waals surface area contributed by atoms with Crippen LogP contribution in [-0.4, -0.2) is 27.6 Å². The number of hydrogen-bond acceptors (Lipinski definition) is 5. The van der Waals surface area contributed by atoms with Crippen LogP contribution in [0, 0.1) is 0 Å². The molecule has 0 bridgehead atoms. The average molecular weight is 273 g/mol. The standard InChI is InChI=1S/C14H11NO5/c16-11(8-12(17)14(18)19)13-5-4-10(20-13)7-9-3-1-2-6-15-9/h1-6H,7-8H2,(H,18,19). The number of nitrogens with zero attached hydrogens (tertiary/aromatic N) is 1. The molecule has 0 spiro atoms. The van der Waals surface area contributed by atoms with E-state index in [4.69, 9.17) is 9.52 Å². The van der Waals surface area contributed by atoms with Gasteiger partial charge in [0.15, 0.2) is 5.76 Å². The Morgan fingerprint density at radius 2 is 1.95 bits per heavy atom. The van der Waals surface area contributed by atoms with Crippen LogP contribution in [0.25, 0.3) is 0 Å². The van der Waals surface area contributed by atoms with Crippen molar-refractivity contribution in [1.29, 1.82) is 0 Å². The minimum atomic E-state index is -1.63. The first kappa shape index (κ1) is 13.7. The van der Waals surface area contributed by atoms with Gasteiger partial charge in [0, 0.05) is 18.3 Å². The van der Waals surface area contributed by atoms with Gasteiger partial charge in [-0.15, -0.1) is 0 Å². The third-order valence-electron chi connectivity index (χ3n) is 2.58. The van der Waals surface area contributed by atoms with Crippen LogP contribution >= 0.6 is 0 Å². The zero-order valence-electron chi connectivity index (χ0n) is 10.4. The number of carboxylic acids is 1. The molecule has 2 aromatic heterocycles. The van der Waals surface area contributed by atoms with E-state index in [2.05, 4.69) is 4.98 Å². The molecule has 0 aromatic carbocycles. The third-order valence-corrected chi connectivity index (χ3v) is 2.58. The molecular formula is C14H11NO5. The van der Waals surface area contributed by atoms with Crippen LogP contribution in [-0.2, 0) is 16.0 Å². The molecule has 2 heterocycles. The normalized spacial score (nSPS) is 10.2. The molecule has 0 aliphatic rings. The topological polar surface area (TPSA) is 97.5 Å². The van der Waals surface area contributed by atoms with Crippen LogP contribution in [0.3, 0.4) is 0 Å². The number of rotatable bonds is 6. The minimum Gasteiger partial charge on any atom is -0.475 e. The molecule has 102 valence electrons. The summed E-state index contributed by atoms with van der Waals surface area (Å²) in [7, 11) is 0. The Morgan fingerprint density at radius 3 is 2.60 bits per heavy atom. The van der Waals surface area contributed by atoms with E-state index in [0.717, 1.165) is 5.69 Å². The molecule has 2 aromatic rings. The largest absolute Gasteiger partial charge is 0.475 e. The summed E-state index contributed by atoms with van der Waals surface area (Å²) >= 11 is 0. The van der Waals surface area contributed by atoms with Gasteiger partial charge in [0.25, 0.3) is 0 Å². The van der Waals surface area contributed by atoms with Crippen molar-refractivity contribution in [3.63, 3.8) is 0 Å². The zero-order valence-corrected chi connectivity index (χ0v) is 10.4. The van der Waals surface area contributed by atoms with Gasteiger partial charge in [0.05, 0.1) is 6.42 Å². The molecular weight excluding hydrogens is 262 g/mol. The van der Waals surface area contributed by atoms with E-state index in [-0.39, 0.29) is 5.76 Å². The van der Waals surface area contributed by atoms with E-state index < -0.39 is 24.0 Å². The van der Waals surface area contributed by atoms with E-state index in [1.807, 2.05) is 12.1 Å². The fourth-order valence-corrected chi connectivity index (χ4v) is 1.61. The van der Waals surface area contributed by atoms with Crippen molar-refractivity contribution in [3.8, 4) is 0 Å². The highest BCUT2D eigenvalue weighted by Gasteiger charge is 2.20. The fraction of sp³-hybridized carbons (Fsp3) is 0.143. The summed E-state index contributed by atoms with van der Waals surface area (Å²) in [6.07, 6.45) is 1.36. The number of aliphatic carboxylic acids is 1. The van der Waals surface area contributed by atoms with Gasteiger partial charge in [-0.2, -0.15) is 0 Å². The predicted octanol–water partition coefficient (Wildman–Crippen LogP) is 1.49. The average Bonchev–Trinajstić information content (AvgIpc) is 2.88. The zero-order chi connectivity index (χ0) is 14.5. The van der Waals surface area contributed by atoms with Crippen molar-refractivity contribution in [2.45, 2.75) is 12.8 Å². The second kappa shape index (κ2) is 5.92. The molecule has 20 heavy (non-hydrogen) atoms. The highest BCUT2D eigenvalue weighted by atomic mass is 16.4. The van der Waals surface area contributed by atoms with Gasteiger partial charge in [0.2, 0.25) is 11.6 Å². The molecule has 0 amide bonds. The van der Waals surface area contributed by atoms with E-state index in [9.17, 15) is 14.4 Å². The maximum absolute atomic E-state index is 11.6. The second-order valence-corrected chi connectivity index (χ2v) is 4.09. The van der Waals surface area contributed by atoms with Gasteiger partial charge in [-0.1, -0.05) is 6.07 Å². The number of carbonyl (C=O) groups excluding carboxylic acids is 2. The highest BCUT2D eigenvalue weighted by Crippen LogP contribution is 2.13. The van der Waals surface area contributed by atoms with Crippen molar-refractivity contribution in [2.24, 2.45) is 0 Å². The Morgan fingerprint density at radius 1 is 1.15 bits per heavy atom. The number of Topliss-reactive ketones (excluding diaryl/α,β-unsaturated/α-hetero) is 2. The first-order chi connectivity index (χ1) is 9.56. The monoisotopic (exact) mass is 273 g/mol. The van der Waals surface area contributed by atoms with Crippen LogP contribution in [0.2, 0.25) is 0 Å². The van der Waals surface area contributed by atoms with Gasteiger partial charge in [-0.3, -0.25) is 14.6 Å². The molecule has 0 saturated carbocycles. The molecule has 0 saturated heterocycles. The summed E-state index contributed by atoms with van der Waals surface area (Å²) in [5.41, 5.74) is 0.780. The van der Waals surface area contributed by atoms with Gasteiger partial charge < -0.3 is 9.52 Å². The molecule has 1 N–H and O–H groups in total. The smallest absolute Gasteiger partial charge is 0.372 e. The Bertz CT molecular complexity index is 645. The fourth-order valence-electron chi connectivity index (χ4n) is 1.61. The third kappa shape index (κ3) is 3.38. The lowest BCUT2D eigenvalue weighted by atomic mass is 10.1. The summed E-state index contributed by atoms with van der Waals surface area (Å²) in [4.78, 5) is 37.1. The van der Waals surface area contributed by atoms with E-state index >= 15 is 0 Å². The molecule has 6 nitrogen and oxygen atoms in total. The molecule has 0 aliphatic heterocycles. The second-order valence-electron chi connectivity index (χ2n) is 4.09. The van der Waals surface area contributed by atoms with Crippen molar-refractivity contribution in [1.82, 2.24) is 4.98 Å². The molecule has 0 aliphatic carbocycles. The number of pyridine rings is 1. The van der Waals surface area contributed by atoms with Crippen LogP contribution in [0.1, 0.15) is 28.4 Å². The van der Waals surface area contributed by atoms with Gasteiger partial charge in [0.1, 0.15) is 5.76 Å². The van der Waals surface area contributed by atoms with Gasteiger partial charge >= 0.3 is 5.97 Å². The van der Waals surface area contributed by atoms with Crippen molar-refractivity contribution >= 4 is 17.5 Å². The van der Waals surface area contributed by atoms with Crippen LogP contribution in [0.15, 0.2) is 40.9 Å². The van der Waals surface area contributed by atoms with Crippen LogP contribution in [0.5, 0.6) is 0 Å². The van der Waals surface area contributed by atoms with Crippen molar-refractivity contribution in [2.75, 3.05) is 0 Å². The van der Waals surface area contributed by atoms with Crippen LogP contribution in [0.4, 0.5) is 0 Å². The number of hydrogen-bond donors (Lipinski definition) is 1. The van der Waals surface area contributed by atoms with Crippen LogP contribution < -0.4 is 0 Å². The number of aromatic nitrogens is 1. The molecule has 0 unspecified atom stereocenters. The minimum absolute atomic E-state index is 0.0227. The first-order valence-corrected chi connectivity index (χ1v) is 5.84. The van der Waals surface area contributed by atoms with Gasteiger partial charge in [-0.05, 0) is 24.3 Å². The summed E-state index contributed by atoms with van der Waals surface area (Å²) in [6, 6.07) is 8.47. The Kier molecular flexibility index (Phi) is 4.05. The number of furan rings is 1. The molecule has 0 radical (unpaired) electrons. The van der Waals surface area contributed by atoms with Crippen molar-refractivity contribution in [3.05, 3.63) is 53.7 Å². The number of ketones is 2. The summed E-state index contributed by atoms with van der Waals surface area (Å²) in [6.45, 7) is 0. The lowest BCUT2D eigenvalue weighted by molar-refractivity contribution is -0.148. The first-order valence-electron chi connectivity index (χ1n) is 5.84. The molecule has 0 atom stereocenters. The number of carbonyl (C=O) groups is 3. The van der Waals surface area contributed by atoms with E-state index in [1.165, 1.54) is 6.07 Å². The lowest BCUT2D eigenvalue weighted by Gasteiger charge is -1.97. The maximum atomic E-state index is 11.6. The quantitative estimate of drug-likeness (QED) is 0.486. The Labute approximate surface area is 114 Å². The maximum Gasteiger partial charge on any atom is 0.372 e. The summed E-state index contributed by atoms with van der Waals surface area (Å²) in [5, 5.41) is 8.44. The van der Waals surface area contributed by atoms with E-state index in [1.54, 1.807) is 18.3 Å². The van der Waals surface area contributed by atoms with E-state index in [0.29, 0.717) is 12.2 Å². The number of carboxylic acid groups (broad SMARTS) is 1. The predicted molar refractivity (Wildman–Crippen MR) is 67.3 cm³/mol. The van der Waals surface area contributed by atoms with Crippen molar-refractivity contribution < 1.29 is 23.9 Å². The summed E-state index contributed by atoms with van der Waals surface area (Å²) in [5.74, 6) is -2.93. The lowest BCUT2D eigenvalue weighted by Crippen LogP contribution is -2.16. The summed E-state index contributed by atoms with van der Waals surface area (Å²) < 4.78 is 5.30. The SMILES string of the molecule is O=C(O)C(=O)CC(=O)c1ccc(Cc2ccccn2)o1. The highest BCUT2D eigenvalue weighted by molar-refractivity contribution is 6.37. The Hall–Kier alpha value is -2.76. The van der Waals surface area contributed by atoms with Gasteiger partial charge in [-0.25, -0.2) is 4.79 Å². The molecule has 2 rings (SSSR count). The molecule has 6 heteroatoms.